The smallest absolute Gasteiger partial charge is 0.233 e. The minimum absolute atomic E-state index is 0.0568. The van der Waals surface area contributed by atoms with E-state index < -0.39 is 0 Å². The molecule has 0 aromatic rings. The predicted molar refractivity (Wildman–Crippen MR) is 46.8 cm³/mol. The van der Waals surface area contributed by atoms with Crippen molar-refractivity contribution in [1.29, 1.82) is 0 Å². The van der Waals surface area contributed by atoms with Crippen LogP contribution in [0.1, 0.15) is 6.92 Å². The molecule has 0 aromatic heterocycles. The average Bonchev–Trinajstić information content (AvgIpc) is 2.04. The molecule has 0 saturated heterocycles. The van der Waals surface area contributed by atoms with Crippen molar-refractivity contribution in [2.45, 2.75) is 6.92 Å². The van der Waals surface area contributed by atoms with Crippen LogP contribution in [0.2, 0.25) is 0 Å². The van der Waals surface area contributed by atoms with Crippen LogP contribution in [-0.2, 0) is 4.79 Å². The summed E-state index contributed by atoms with van der Waals surface area (Å²) in [5, 5.41) is 2.79. The van der Waals surface area contributed by atoms with E-state index in [1.54, 1.807) is 6.21 Å². The number of carbonyl (C=O) groups excluding carboxylic acids is 1. The maximum Gasteiger partial charge on any atom is 0.233 e. The summed E-state index contributed by atoms with van der Waals surface area (Å²) >= 11 is 0. The van der Waals surface area contributed by atoms with Gasteiger partial charge >= 0.3 is 0 Å². The van der Waals surface area contributed by atoms with E-state index >= 15 is 0 Å². The van der Waals surface area contributed by atoms with Gasteiger partial charge < -0.3 is 5.32 Å². The number of dihydropyridines is 1. The number of hydrogen-bond acceptors (Lipinski definition) is 2. The summed E-state index contributed by atoms with van der Waals surface area (Å²) in [6, 6.07) is 0. The SMILES string of the molecule is CC1=CC2=CC=NCC2C(=O)N1. The number of fused-ring (bicyclic) bond motifs is 1. The molecule has 1 N–H and O–H groups in total. The largest absolute Gasteiger partial charge is 0.329 e. The average molecular weight is 162 g/mol. The van der Waals surface area contributed by atoms with E-state index in [1.165, 1.54) is 0 Å². The van der Waals surface area contributed by atoms with Crippen LogP contribution in [0.25, 0.3) is 0 Å². The summed E-state index contributed by atoms with van der Waals surface area (Å²) in [4.78, 5) is 15.4. The van der Waals surface area contributed by atoms with Crippen LogP contribution in [0.4, 0.5) is 0 Å². The number of nitrogens with one attached hydrogen (secondary N) is 1. The summed E-state index contributed by atoms with van der Waals surface area (Å²) in [5.41, 5.74) is 1.99. The minimum atomic E-state index is -0.0568. The van der Waals surface area contributed by atoms with Crippen LogP contribution in [0, 0.1) is 5.92 Å². The molecular weight excluding hydrogens is 152 g/mol. The third-order valence-corrected chi connectivity index (χ3v) is 2.08. The summed E-state index contributed by atoms with van der Waals surface area (Å²) in [7, 11) is 0. The molecule has 0 bridgehead atoms. The Morgan fingerprint density at radius 2 is 2.50 bits per heavy atom. The fraction of sp³-hybridized carbons (Fsp3) is 0.333. The van der Waals surface area contributed by atoms with Gasteiger partial charge in [-0.05, 0) is 24.6 Å². The fourth-order valence-electron chi connectivity index (χ4n) is 1.48. The van der Waals surface area contributed by atoms with Crippen molar-refractivity contribution in [2.75, 3.05) is 6.54 Å². The Bertz CT molecular complexity index is 310. The Morgan fingerprint density at radius 3 is 3.33 bits per heavy atom. The lowest BCUT2D eigenvalue weighted by atomic mass is 9.92. The molecule has 0 saturated carbocycles. The van der Waals surface area contributed by atoms with Gasteiger partial charge in [-0.2, -0.15) is 0 Å². The predicted octanol–water partition coefficient (Wildman–Crippen LogP) is 0.647. The van der Waals surface area contributed by atoms with E-state index in [0.717, 1.165) is 11.3 Å². The van der Waals surface area contributed by atoms with Gasteiger partial charge in [0, 0.05) is 11.9 Å². The standard InChI is InChI=1S/C9H10N2O/c1-6-4-7-2-3-10-5-8(7)9(12)11-6/h2-4,8H,5H2,1H3,(H,11,12). The molecule has 2 heterocycles. The monoisotopic (exact) mass is 162 g/mol. The van der Waals surface area contributed by atoms with Gasteiger partial charge in [0.15, 0.2) is 0 Å². The van der Waals surface area contributed by atoms with Gasteiger partial charge in [-0.15, -0.1) is 0 Å². The van der Waals surface area contributed by atoms with Crippen LogP contribution in [0.15, 0.2) is 28.4 Å². The van der Waals surface area contributed by atoms with Gasteiger partial charge in [0.1, 0.15) is 0 Å². The highest BCUT2D eigenvalue weighted by Crippen LogP contribution is 2.21. The van der Waals surface area contributed by atoms with Crippen LogP contribution in [-0.4, -0.2) is 18.7 Å². The highest BCUT2D eigenvalue weighted by Gasteiger charge is 2.26. The summed E-state index contributed by atoms with van der Waals surface area (Å²) in [6.45, 7) is 2.47. The van der Waals surface area contributed by atoms with Crippen molar-refractivity contribution in [3.8, 4) is 0 Å². The fourth-order valence-corrected chi connectivity index (χ4v) is 1.48. The van der Waals surface area contributed by atoms with Gasteiger partial charge in [-0.3, -0.25) is 9.79 Å². The first-order chi connectivity index (χ1) is 5.77. The van der Waals surface area contributed by atoms with Gasteiger partial charge in [0.25, 0.3) is 0 Å². The first-order valence-electron chi connectivity index (χ1n) is 3.96. The van der Waals surface area contributed by atoms with Gasteiger partial charge in [0.05, 0.1) is 12.5 Å². The Balaban J connectivity index is 2.39. The Hall–Kier alpha value is -1.38. The molecule has 3 nitrogen and oxygen atoms in total. The lowest BCUT2D eigenvalue weighted by Gasteiger charge is -2.23. The number of hydrogen-bond donors (Lipinski definition) is 1. The zero-order chi connectivity index (χ0) is 8.55. The van der Waals surface area contributed by atoms with Crippen LogP contribution >= 0.6 is 0 Å². The number of nitrogens with zero attached hydrogens (tertiary/aromatic N) is 1. The second-order valence-corrected chi connectivity index (χ2v) is 3.05. The van der Waals surface area contributed by atoms with E-state index in [1.807, 2.05) is 19.1 Å². The van der Waals surface area contributed by atoms with E-state index in [2.05, 4.69) is 10.3 Å². The molecule has 62 valence electrons. The van der Waals surface area contributed by atoms with Crippen molar-refractivity contribution >= 4 is 12.1 Å². The Morgan fingerprint density at radius 1 is 1.67 bits per heavy atom. The van der Waals surface area contributed by atoms with Crippen molar-refractivity contribution in [2.24, 2.45) is 10.9 Å². The topological polar surface area (TPSA) is 41.5 Å². The number of carbonyl (C=O) groups is 1. The number of aliphatic imine (C=N–C) groups is 1. The van der Waals surface area contributed by atoms with Gasteiger partial charge in [-0.1, -0.05) is 0 Å². The first kappa shape index (κ1) is 7.28. The zero-order valence-corrected chi connectivity index (χ0v) is 6.87. The molecule has 0 spiro atoms. The number of allylic oxidation sites excluding steroid dienone is 3. The molecule has 1 atom stereocenters. The van der Waals surface area contributed by atoms with E-state index in [9.17, 15) is 4.79 Å². The lowest BCUT2D eigenvalue weighted by Crippen LogP contribution is -2.36. The number of rotatable bonds is 0. The molecule has 2 aliphatic rings. The van der Waals surface area contributed by atoms with Crippen LogP contribution in [0.3, 0.4) is 0 Å². The molecule has 2 rings (SSSR count). The molecule has 0 fully saturated rings. The maximum atomic E-state index is 11.4. The maximum absolute atomic E-state index is 11.4. The molecule has 0 aliphatic carbocycles. The zero-order valence-electron chi connectivity index (χ0n) is 6.87. The second kappa shape index (κ2) is 2.59. The van der Waals surface area contributed by atoms with E-state index in [0.29, 0.717) is 6.54 Å². The first-order valence-corrected chi connectivity index (χ1v) is 3.96. The summed E-state index contributed by atoms with van der Waals surface area (Å²) < 4.78 is 0. The molecule has 3 heteroatoms. The van der Waals surface area contributed by atoms with Gasteiger partial charge in [-0.25, -0.2) is 0 Å². The molecule has 0 radical (unpaired) electrons. The highest BCUT2D eigenvalue weighted by atomic mass is 16.2. The summed E-state index contributed by atoms with van der Waals surface area (Å²) in [6.07, 6.45) is 5.65. The second-order valence-electron chi connectivity index (χ2n) is 3.05. The lowest BCUT2D eigenvalue weighted by molar-refractivity contribution is -0.123. The Labute approximate surface area is 70.9 Å². The van der Waals surface area contributed by atoms with Crippen LogP contribution < -0.4 is 5.32 Å². The quantitative estimate of drug-likeness (QED) is 0.558. The molecule has 1 unspecified atom stereocenters. The molecular formula is C9H10N2O. The Kier molecular flexibility index (Phi) is 1.57. The highest BCUT2D eigenvalue weighted by molar-refractivity contribution is 5.89. The number of amides is 1. The van der Waals surface area contributed by atoms with Gasteiger partial charge in [0.2, 0.25) is 5.91 Å². The van der Waals surface area contributed by atoms with E-state index in [-0.39, 0.29) is 11.8 Å². The normalized spacial score (nSPS) is 27.1. The molecule has 0 aromatic carbocycles. The van der Waals surface area contributed by atoms with Crippen molar-refractivity contribution in [3.05, 3.63) is 23.4 Å². The van der Waals surface area contributed by atoms with Crippen molar-refractivity contribution in [3.63, 3.8) is 0 Å². The third kappa shape index (κ3) is 1.07. The minimum Gasteiger partial charge on any atom is -0.329 e. The van der Waals surface area contributed by atoms with E-state index in [4.69, 9.17) is 0 Å². The third-order valence-electron chi connectivity index (χ3n) is 2.08. The summed E-state index contributed by atoms with van der Waals surface area (Å²) in [5.74, 6) is 0.0109. The molecule has 2 aliphatic heterocycles. The van der Waals surface area contributed by atoms with Crippen LogP contribution in [0.5, 0.6) is 0 Å². The molecule has 1 amide bonds. The van der Waals surface area contributed by atoms with Crippen molar-refractivity contribution in [1.82, 2.24) is 5.32 Å². The van der Waals surface area contributed by atoms with Crippen molar-refractivity contribution < 1.29 is 4.79 Å². The molecule has 12 heavy (non-hydrogen) atoms.